The molecule has 3 rings (SSSR count). The number of aromatic nitrogens is 1. The van der Waals surface area contributed by atoms with Crippen LogP contribution in [0, 0.1) is 0 Å². The van der Waals surface area contributed by atoms with Crippen LogP contribution in [-0.4, -0.2) is 29.7 Å². The molecule has 5 nitrogen and oxygen atoms in total. The average molecular weight is 369 g/mol. The van der Waals surface area contributed by atoms with E-state index in [2.05, 4.69) is 10.3 Å². The van der Waals surface area contributed by atoms with Gasteiger partial charge in [-0.3, -0.25) is 4.79 Å². The molecular formula is C15H16N2O3S3. The summed E-state index contributed by atoms with van der Waals surface area (Å²) < 4.78 is 5.76. The maximum atomic E-state index is 12.2. The Morgan fingerprint density at radius 2 is 2.22 bits per heavy atom. The third-order valence-electron chi connectivity index (χ3n) is 3.55. The molecule has 1 aliphatic rings. The first-order chi connectivity index (χ1) is 11.2. The number of aryl methyl sites for hydroxylation is 1. The van der Waals surface area contributed by atoms with E-state index in [-0.39, 0.29) is 17.6 Å². The zero-order valence-corrected chi connectivity index (χ0v) is 15.0. The van der Waals surface area contributed by atoms with E-state index in [1.165, 1.54) is 46.4 Å². The first-order valence-electron chi connectivity index (χ1n) is 7.24. The zero-order valence-electron chi connectivity index (χ0n) is 12.6. The van der Waals surface area contributed by atoms with Crippen molar-refractivity contribution in [2.75, 3.05) is 18.2 Å². The number of carbonyl (C=O) groups excluding carboxylic acids is 2. The Bertz CT molecular complexity index is 710. The van der Waals surface area contributed by atoms with Gasteiger partial charge in [0, 0.05) is 16.5 Å². The van der Waals surface area contributed by atoms with Gasteiger partial charge >= 0.3 is 5.97 Å². The van der Waals surface area contributed by atoms with Crippen LogP contribution < -0.4 is 5.32 Å². The van der Waals surface area contributed by atoms with Crippen LogP contribution in [0.5, 0.6) is 0 Å². The van der Waals surface area contributed by atoms with E-state index in [0.29, 0.717) is 10.6 Å². The van der Waals surface area contributed by atoms with Crippen molar-refractivity contribution < 1.29 is 14.3 Å². The minimum Gasteiger partial charge on any atom is -0.465 e. The van der Waals surface area contributed by atoms with Crippen LogP contribution in [0.15, 0.2) is 15.9 Å². The number of nitrogens with zero attached hydrogens (tertiary/aromatic N) is 1. The van der Waals surface area contributed by atoms with Crippen molar-refractivity contribution in [3.63, 3.8) is 0 Å². The topological polar surface area (TPSA) is 68.3 Å². The first kappa shape index (κ1) is 16.5. The molecule has 0 aromatic carbocycles. The highest BCUT2D eigenvalue weighted by Gasteiger charge is 2.26. The number of methoxy groups -OCH3 is 1. The predicted octanol–water partition coefficient (Wildman–Crippen LogP) is 3.60. The van der Waals surface area contributed by atoms with E-state index < -0.39 is 0 Å². The van der Waals surface area contributed by atoms with Gasteiger partial charge in [-0.2, -0.15) is 0 Å². The standard InChI is InChI=1S/C15H16N2O3S3/c1-20-14(19)12-9-4-2-3-5-10(9)23-13(12)17-11(18)8-22-15-16-6-7-21-15/h6-7H,2-5,8H2,1H3,(H,17,18). The molecule has 2 aromatic heterocycles. The number of carbonyl (C=O) groups is 2. The summed E-state index contributed by atoms with van der Waals surface area (Å²) >= 11 is 4.40. The van der Waals surface area contributed by atoms with Crippen molar-refractivity contribution in [1.29, 1.82) is 0 Å². The fraction of sp³-hybridized carbons (Fsp3) is 0.400. The van der Waals surface area contributed by atoms with E-state index >= 15 is 0 Å². The largest absolute Gasteiger partial charge is 0.465 e. The van der Waals surface area contributed by atoms with Crippen LogP contribution in [0.2, 0.25) is 0 Å². The second-order valence-electron chi connectivity index (χ2n) is 5.04. The number of amides is 1. The van der Waals surface area contributed by atoms with Gasteiger partial charge in [-0.15, -0.1) is 22.7 Å². The number of nitrogens with one attached hydrogen (secondary N) is 1. The molecule has 2 heterocycles. The molecule has 1 amide bonds. The van der Waals surface area contributed by atoms with Crippen molar-refractivity contribution in [2.45, 2.75) is 30.0 Å². The third kappa shape index (κ3) is 3.76. The maximum Gasteiger partial charge on any atom is 0.341 e. The first-order valence-corrected chi connectivity index (χ1v) is 9.92. The number of esters is 1. The summed E-state index contributed by atoms with van der Waals surface area (Å²) in [7, 11) is 1.37. The van der Waals surface area contributed by atoms with Crippen LogP contribution in [0.1, 0.15) is 33.6 Å². The SMILES string of the molecule is COC(=O)c1c(NC(=O)CSc2nccs2)sc2c1CCCC2. The minimum atomic E-state index is -0.368. The van der Waals surface area contributed by atoms with Crippen molar-refractivity contribution in [2.24, 2.45) is 0 Å². The molecule has 23 heavy (non-hydrogen) atoms. The molecule has 1 N–H and O–H groups in total. The quantitative estimate of drug-likeness (QED) is 0.645. The predicted molar refractivity (Wildman–Crippen MR) is 93.8 cm³/mol. The lowest BCUT2D eigenvalue weighted by Gasteiger charge is -2.11. The highest BCUT2D eigenvalue weighted by Crippen LogP contribution is 2.38. The van der Waals surface area contributed by atoms with E-state index in [4.69, 9.17) is 4.74 Å². The number of hydrogen-bond acceptors (Lipinski definition) is 7. The Hall–Kier alpha value is -1.38. The summed E-state index contributed by atoms with van der Waals surface area (Å²) in [5.41, 5.74) is 1.59. The van der Waals surface area contributed by atoms with E-state index in [1.807, 2.05) is 5.38 Å². The second-order valence-corrected chi connectivity index (χ2v) is 8.26. The Kier molecular flexibility index (Phi) is 5.34. The molecule has 0 bridgehead atoms. The van der Waals surface area contributed by atoms with E-state index in [0.717, 1.165) is 35.6 Å². The number of ether oxygens (including phenoxy) is 1. The number of fused-ring (bicyclic) bond motifs is 1. The molecule has 0 fully saturated rings. The van der Waals surface area contributed by atoms with Crippen molar-refractivity contribution in [3.8, 4) is 0 Å². The van der Waals surface area contributed by atoms with Gasteiger partial charge in [0.25, 0.3) is 0 Å². The Balaban J connectivity index is 1.74. The van der Waals surface area contributed by atoms with E-state index in [1.54, 1.807) is 6.20 Å². The van der Waals surface area contributed by atoms with Gasteiger partial charge in [0.05, 0.1) is 18.4 Å². The van der Waals surface area contributed by atoms with Crippen molar-refractivity contribution >= 4 is 51.3 Å². The summed E-state index contributed by atoms with van der Waals surface area (Å²) in [6.45, 7) is 0. The van der Waals surface area contributed by atoms with Gasteiger partial charge in [-0.1, -0.05) is 11.8 Å². The molecule has 0 unspecified atom stereocenters. The Labute approximate surface area is 146 Å². The van der Waals surface area contributed by atoms with Crippen LogP contribution in [-0.2, 0) is 22.4 Å². The van der Waals surface area contributed by atoms with Crippen molar-refractivity contribution in [1.82, 2.24) is 4.98 Å². The average Bonchev–Trinajstić information content (AvgIpc) is 3.19. The third-order valence-corrected chi connectivity index (χ3v) is 6.72. The van der Waals surface area contributed by atoms with Gasteiger partial charge < -0.3 is 10.1 Å². The number of thioether (sulfide) groups is 1. The second kappa shape index (κ2) is 7.46. The molecular weight excluding hydrogens is 352 g/mol. The minimum absolute atomic E-state index is 0.131. The van der Waals surface area contributed by atoms with Crippen LogP contribution in [0.4, 0.5) is 5.00 Å². The van der Waals surface area contributed by atoms with Gasteiger partial charge in [0.1, 0.15) is 9.34 Å². The summed E-state index contributed by atoms with van der Waals surface area (Å²) in [6.07, 6.45) is 5.75. The lowest BCUT2D eigenvalue weighted by atomic mass is 9.95. The lowest BCUT2D eigenvalue weighted by Crippen LogP contribution is -2.16. The van der Waals surface area contributed by atoms with Crippen LogP contribution >= 0.6 is 34.4 Å². The smallest absolute Gasteiger partial charge is 0.341 e. The highest BCUT2D eigenvalue weighted by molar-refractivity contribution is 8.01. The molecule has 8 heteroatoms. The molecule has 0 saturated carbocycles. The molecule has 0 aliphatic heterocycles. The number of hydrogen-bond donors (Lipinski definition) is 1. The fourth-order valence-corrected chi connectivity index (χ4v) is 5.27. The number of rotatable bonds is 5. The maximum absolute atomic E-state index is 12.2. The van der Waals surface area contributed by atoms with E-state index in [9.17, 15) is 9.59 Å². The summed E-state index contributed by atoms with van der Waals surface area (Å²) in [5.74, 6) is -0.224. The van der Waals surface area contributed by atoms with Gasteiger partial charge in [-0.25, -0.2) is 9.78 Å². The van der Waals surface area contributed by atoms with Crippen LogP contribution in [0.3, 0.4) is 0 Å². The summed E-state index contributed by atoms with van der Waals surface area (Å²) in [6, 6.07) is 0. The van der Waals surface area contributed by atoms with Gasteiger partial charge in [-0.05, 0) is 31.2 Å². The Morgan fingerprint density at radius 1 is 1.39 bits per heavy atom. The highest BCUT2D eigenvalue weighted by atomic mass is 32.2. The zero-order chi connectivity index (χ0) is 16.2. The fourth-order valence-electron chi connectivity index (χ4n) is 2.54. The summed E-state index contributed by atoms with van der Waals surface area (Å²) in [4.78, 5) is 29.6. The number of thiophene rings is 1. The summed E-state index contributed by atoms with van der Waals surface area (Å²) in [5, 5.41) is 5.38. The molecule has 0 spiro atoms. The molecule has 122 valence electrons. The molecule has 0 radical (unpaired) electrons. The lowest BCUT2D eigenvalue weighted by molar-refractivity contribution is -0.113. The van der Waals surface area contributed by atoms with Gasteiger partial charge in [0.2, 0.25) is 5.91 Å². The molecule has 1 aliphatic carbocycles. The van der Waals surface area contributed by atoms with Crippen molar-refractivity contribution in [3.05, 3.63) is 27.6 Å². The molecule has 0 saturated heterocycles. The molecule has 2 aromatic rings. The number of anilines is 1. The monoisotopic (exact) mass is 368 g/mol. The Morgan fingerprint density at radius 3 is 2.96 bits per heavy atom. The molecule has 0 atom stereocenters. The van der Waals surface area contributed by atoms with Crippen LogP contribution in [0.25, 0.3) is 0 Å². The normalized spacial score (nSPS) is 13.4. The van der Waals surface area contributed by atoms with Gasteiger partial charge in [0.15, 0.2) is 0 Å². The number of thiazole rings is 1.